The smallest absolute Gasteiger partial charge is 0.314 e. The summed E-state index contributed by atoms with van der Waals surface area (Å²) < 4.78 is 5.49. The summed E-state index contributed by atoms with van der Waals surface area (Å²) in [6.45, 7) is 10.5. The van der Waals surface area contributed by atoms with E-state index >= 15 is 0 Å². The predicted molar refractivity (Wildman–Crippen MR) is 112 cm³/mol. The van der Waals surface area contributed by atoms with E-state index in [0.29, 0.717) is 6.54 Å². The van der Waals surface area contributed by atoms with Crippen LogP contribution in [-0.4, -0.2) is 74.9 Å². The van der Waals surface area contributed by atoms with Crippen LogP contribution in [0.25, 0.3) is 0 Å². The number of morpholine rings is 1. The third-order valence-electron chi connectivity index (χ3n) is 5.94. The fraction of sp³-hybridized carbons (Fsp3) is 0.682. The van der Waals surface area contributed by atoms with Crippen LogP contribution in [0.5, 0.6) is 0 Å². The Labute approximate surface area is 169 Å². The van der Waals surface area contributed by atoms with Gasteiger partial charge in [-0.2, -0.15) is 0 Å². The Hall–Kier alpha value is -1.63. The lowest BCUT2D eigenvalue weighted by molar-refractivity contribution is 0.0167. The number of carbonyl (C=O) groups is 1. The summed E-state index contributed by atoms with van der Waals surface area (Å²) in [6, 6.07) is 10.5. The molecule has 0 radical (unpaired) electrons. The summed E-state index contributed by atoms with van der Waals surface area (Å²) in [6.07, 6.45) is 3.61. The van der Waals surface area contributed by atoms with Crippen LogP contribution in [0.3, 0.4) is 0 Å². The van der Waals surface area contributed by atoms with Crippen molar-refractivity contribution in [2.75, 3.05) is 59.0 Å². The zero-order valence-corrected chi connectivity index (χ0v) is 17.2. The van der Waals surface area contributed by atoms with Crippen molar-refractivity contribution >= 4 is 6.03 Å². The Kier molecular flexibility index (Phi) is 8.58. The number of hydrogen-bond acceptors (Lipinski definition) is 4. The van der Waals surface area contributed by atoms with Crippen molar-refractivity contribution in [3.05, 3.63) is 35.9 Å². The van der Waals surface area contributed by atoms with Gasteiger partial charge in [-0.3, -0.25) is 4.90 Å². The van der Waals surface area contributed by atoms with Crippen LogP contribution in [0.2, 0.25) is 0 Å². The number of urea groups is 1. The molecule has 3 rings (SSSR count). The number of likely N-dealkylation sites (tertiary alicyclic amines) is 1. The Morgan fingerprint density at radius 1 is 1.11 bits per heavy atom. The molecule has 0 saturated carbocycles. The highest BCUT2D eigenvalue weighted by Gasteiger charge is 2.23. The van der Waals surface area contributed by atoms with E-state index < -0.39 is 0 Å². The number of nitrogens with zero attached hydrogens (tertiary/aromatic N) is 2. The molecule has 2 aliphatic heterocycles. The van der Waals surface area contributed by atoms with Crippen LogP contribution < -0.4 is 10.6 Å². The van der Waals surface area contributed by atoms with Gasteiger partial charge in [0.1, 0.15) is 0 Å². The normalized spacial score (nSPS) is 20.6. The van der Waals surface area contributed by atoms with Crippen LogP contribution in [0, 0.1) is 5.92 Å². The third-order valence-corrected chi connectivity index (χ3v) is 5.94. The van der Waals surface area contributed by atoms with Gasteiger partial charge in [0.25, 0.3) is 0 Å². The molecule has 2 aliphatic rings. The van der Waals surface area contributed by atoms with Crippen LogP contribution in [0.4, 0.5) is 4.79 Å². The molecule has 0 spiro atoms. The van der Waals surface area contributed by atoms with Crippen molar-refractivity contribution < 1.29 is 9.53 Å². The van der Waals surface area contributed by atoms with Crippen molar-refractivity contribution in [3.8, 4) is 0 Å². The zero-order valence-electron chi connectivity index (χ0n) is 17.2. The van der Waals surface area contributed by atoms with Crippen molar-refractivity contribution in [2.45, 2.75) is 32.2 Å². The molecule has 2 saturated heterocycles. The lowest BCUT2D eigenvalue weighted by Crippen LogP contribution is -2.46. The molecule has 0 bridgehead atoms. The minimum Gasteiger partial charge on any atom is -0.379 e. The van der Waals surface area contributed by atoms with E-state index in [-0.39, 0.29) is 12.1 Å². The first kappa shape index (κ1) is 21.1. The molecule has 2 fully saturated rings. The minimum atomic E-state index is -0.0681. The second-order valence-electron chi connectivity index (χ2n) is 8.09. The number of piperidine rings is 1. The molecule has 1 unspecified atom stereocenters. The molecule has 2 heterocycles. The highest BCUT2D eigenvalue weighted by molar-refractivity contribution is 5.73. The van der Waals surface area contributed by atoms with Gasteiger partial charge in [-0.1, -0.05) is 37.3 Å². The van der Waals surface area contributed by atoms with Gasteiger partial charge in [-0.15, -0.1) is 0 Å². The van der Waals surface area contributed by atoms with Crippen LogP contribution >= 0.6 is 0 Å². The molecule has 1 atom stereocenters. The molecule has 2 N–H and O–H groups in total. The average molecular weight is 389 g/mol. The number of amides is 2. The molecule has 2 amide bonds. The first-order valence-corrected chi connectivity index (χ1v) is 10.8. The molecular weight excluding hydrogens is 352 g/mol. The number of rotatable bonds is 8. The van der Waals surface area contributed by atoms with Crippen molar-refractivity contribution in [1.29, 1.82) is 0 Å². The highest BCUT2D eigenvalue weighted by atomic mass is 16.5. The van der Waals surface area contributed by atoms with Gasteiger partial charge >= 0.3 is 6.03 Å². The molecule has 1 aromatic rings. The van der Waals surface area contributed by atoms with Gasteiger partial charge in [-0.05, 0) is 50.4 Å². The highest BCUT2D eigenvalue weighted by Crippen LogP contribution is 2.21. The lowest BCUT2D eigenvalue weighted by Gasteiger charge is -2.35. The summed E-state index contributed by atoms with van der Waals surface area (Å²) in [4.78, 5) is 17.2. The van der Waals surface area contributed by atoms with E-state index in [4.69, 9.17) is 4.74 Å². The summed E-state index contributed by atoms with van der Waals surface area (Å²) >= 11 is 0. The quantitative estimate of drug-likeness (QED) is 0.672. The minimum absolute atomic E-state index is 0.0681. The fourth-order valence-corrected chi connectivity index (χ4v) is 4.06. The number of benzene rings is 1. The maximum atomic E-state index is 12.3. The van der Waals surface area contributed by atoms with Crippen molar-refractivity contribution in [3.63, 3.8) is 0 Å². The fourth-order valence-electron chi connectivity index (χ4n) is 4.06. The molecule has 0 aliphatic carbocycles. The topological polar surface area (TPSA) is 56.8 Å². The summed E-state index contributed by atoms with van der Waals surface area (Å²) in [5.41, 5.74) is 1.24. The van der Waals surface area contributed by atoms with E-state index in [0.717, 1.165) is 51.7 Å². The molecule has 6 heteroatoms. The Balaban J connectivity index is 1.38. The van der Waals surface area contributed by atoms with Gasteiger partial charge in [0.05, 0.1) is 19.3 Å². The van der Waals surface area contributed by atoms with Gasteiger partial charge < -0.3 is 20.3 Å². The molecule has 156 valence electrons. The summed E-state index contributed by atoms with van der Waals surface area (Å²) in [7, 11) is 0. The Morgan fingerprint density at radius 2 is 1.82 bits per heavy atom. The van der Waals surface area contributed by atoms with Gasteiger partial charge in [0.15, 0.2) is 0 Å². The van der Waals surface area contributed by atoms with Gasteiger partial charge in [0, 0.05) is 26.2 Å². The second-order valence-corrected chi connectivity index (χ2v) is 8.09. The third kappa shape index (κ3) is 6.76. The van der Waals surface area contributed by atoms with E-state index in [9.17, 15) is 4.79 Å². The summed E-state index contributed by atoms with van der Waals surface area (Å²) in [5.74, 6) is 0.865. The lowest BCUT2D eigenvalue weighted by atomic mass is 9.99. The van der Waals surface area contributed by atoms with Gasteiger partial charge in [0.2, 0.25) is 0 Å². The Morgan fingerprint density at radius 3 is 2.54 bits per heavy atom. The van der Waals surface area contributed by atoms with Crippen LogP contribution in [0.15, 0.2) is 30.3 Å². The monoisotopic (exact) mass is 388 g/mol. The molecule has 6 nitrogen and oxygen atoms in total. The largest absolute Gasteiger partial charge is 0.379 e. The maximum Gasteiger partial charge on any atom is 0.314 e. The van der Waals surface area contributed by atoms with E-state index in [2.05, 4.69) is 51.6 Å². The predicted octanol–water partition coefficient (Wildman–Crippen LogP) is 2.48. The van der Waals surface area contributed by atoms with E-state index in [1.54, 1.807) is 0 Å². The standard InChI is InChI=1S/C22H36N4O2/c1-19-8-12-25(13-9-19)11-5-10-23-22(27)24-18-21(20-6-3-2-4-7-20)26-14-16-28-17-15-26/h2-4,6-7,19,21H,5,8-18H2,1H3,(H2,23,24,27). The average Bonchev–Trinajstić information content (AvgIpc) is 2.74. The number of carbonyl (C=O) groups excluding carboxylic acids is 1. The van der Waals surface area contributed by atoms with Crippen molar-refractivity contribution in [2.24, 2.45) is 5.92 Å². The number of ether oxygens (including phenoxy) is 1. The van der Waals surface area contributed by atoms with E-state index in [1.807, 2.05) is 6.07 Å². The number of nitrogens with one attached hydrogen (secondary N) is 2. The molecular formula is C22H36N4O2. The van der Waals surface area contributed by atoms with Crippen LogP contribution in [-0.2, 0) is 4.74 Å². The van der Waals surface area contributed by atoms with Gasteiger partial charge in [-0.25, -0.2) is 4.79 Å². The van der Waals surface area contributed by atoms with E-state index in [1.165, 1.54) is 31.5 Å². The second kappa shape index (κ2) is 11.4. The Bertz CT molecular complexity index is 569. The summed E-state index contributed by atoms with van der Waals surface area (Å²) in [5, 5.41) is 6.10. The SMILES string of the molecule is CC1CCN(CCCNC(=O)NCC(c2ccccc2)N2CCOCC2)CC1. The molecule has 1 aromatic carbocycles. The first-order chi connectivity index (χ1) is 13.7. The molecule has 28 heavy (non-hydrogen) atoms. The maximum absolute atomic E-state index is 12.3. The van der Waals surface area contributed by atoms with Crippen molar-refractivity contribution in [1.82, 2.24) is 20.4 Å². The first-order valence-electron chi connectivity index (χ1n) is 10.8. The zero-order chi connectivity index (χ0) is 19.6. The number of hydrogen-bond donors (Lipinski definition) is 2. The molecule has 0 aromatic heterocycles. The van der Waals surface area contributed by atoms with Crippen LogP contribution in [0.1, 0.15) is 37.8 Å².